The van der Waals surface area contributed by atoms with Gasteiger partial charge in [0.2, 0.25) is 0 Å². The van der Waals surface area contributed by atoms with Crippen molar-refractivity contribution in [2.75, 3.05) is 0 Å². The van der Waals surface area contributed by atoms with Gasteiger partial charge >= 0.3 is 0 Å². The van der Waals surface area contributed by atoms with Crippen molar-refractivity contribution < 1.29 is 0 Å². The molecule has 9 rings (SSSR count). The highest BCUT2D eigenvalue weighted by atomic mass is 14.8. The van der Waals surface area contributed by atoms with Crippen molar-refractivity contribution in [1.29, 1.82) is 0 Å². The summed E-state index contributed by atoms with van der Waals surface area (Å²) in [6.45, 7) is 6.93. The van der Waals surface area contributed by atoms with Crippen molar-refractivity contribution >= 4 is 32.8 Å². The van der Waals surface area contributed by atoms with E-state index in [1.54, 1.807) is 0 Å². The van der Waals surface area contributed by atoms with Gasteiger partial charge in [0.25, 0.3) is 0 Å². The Bertz CT molecular complexity index is 2790. The van der Waals surface area contributed by atoms with Crippen LogP contribution in [0.15, 0.2) is 193 Å². The fraction of sp³-hybridized carbons (Fsp3) is 0.190. The Morgan fingerprint density at radius 1 is 0.559 bits per heavy atom. The van der Waals surface area contributed by atoms with Gasteiger partial charge in [0.05, 0.1) is 11.8 Å². The summed E-state index contributed by atoms with van der Waals surface area (Å²) in [5.74, 6) is 0.395. The number of fused-ring (bicyclic) bond motifs is 2. The van der Waals surface area contributed by atoms with Crippen LogP contribution in [-0.4, -0.2) is 5.71 Å². The summed E-state index contributed by atoms with van der Waals surface area (Å²) in [6.07, 6.45) is 6.11. The first-order chi connectivity index (χ1) is 29.1. The molecule has 290 valence electrons. The van der Waals surface area contributed by atoms with Gasteiger partial charge in [-0.15, -0.1) is 0 Å². The molecule has 0 amide bonds. The molecule has 2 atom stereocenters. The minimum absolute atomic E-state index is 0.0963. The van der Waals surface area contributed by atoms with Crippen molar-refractivity contribution in [2.45, 2.75) is 71.3 Å². The van der Waals surface area contributed by atoms with Crippen LogP contribution in [0.3, 0.4) is 0 Å². The molecule has 59 heavy (non-hydrogen) atoms. The molecule has 1 nitrogen and oxygen atoms in total. The Labute approximate surface area is 350 Å². The lowest BCUT2D eigenvalue weighted by Gasteiger charge is -2.26. The first-order valence-corrected chi connectivity index (χ1v) is 21.7. The second kappa shape index (κ2) is 17.3. The topological polar surface area (TPSA) is 12.4 Å². The summed E-state index contributed by atoms with van der Waals surface area (Å²) < 4.78 is 0. The average molecular weight is 764 g/mol. The highest BCUT2D eigenvalue weighted by Gasteiger charge is 2.25. The largest absolute Gasteiger partial charge is 0.276 e. The molecule has 0 aliphatic carbocycles. The van der Waals surface area contributed by atoms with Gasteiger partial charge in [-0.25, -0.2) is 0 Å². The molecule has 8 aromatic rings. The normalized spacial score (nSPS) is 15.2. The van der Waals surface area contributed by atoms with Crippen molar-refractivity contribution in [3.8, 4) is 22.3 Å². The van der Waals surface area contributed by atoms with E-state index in [0.29, 0.717) is 5.92 Å². The summed E-state index contributed by atoms with van der Waals surface area (Å²) in [7, 11) is 0. The summed E-state index contributed by atoms with van der Waals surface area (Å²) in [6, 6.07) is 67.6. The molecule has 1 heteroatoms. The SMILES string of the molecule is CCC1=C(c2ccccc2)CCCC(c2ccccc2)N=C1c1cc2ccccc2cc1-c1ccc(CC(CC)c2ccccc2-c2ccc3ccccc3c2C)cc1. The predicted molar refractivity (Wildman–Crippen MR) is 253 cm³/mol. The van der Waals surface area contributed by atoms with E-state index in [2.05, 4.69) is 203 Å². The molecule has 0 bridgehead atoms. The van der Waals surface area contributed by atoms with Crippen molar-refractivity contribution in [3.63, 3.8) is 0 Å². The van der Waals surface area contributed by atoms with Crippen LogP contribution in [0.2, 0.25) is 0 Å². The standard InChI is InChI=1S/C58H53N/c1-4-42(52-27-16-17-28-54(52)51-36-35-44-21-14-15-26-50(44)40(51)3)37-41-31-33-45(34-32-41)55-38-47-24-12-13-25-48(47)39-56(55)58-49(5-2)53(43-19-8-6-9-20-43)29-18-30-57(59-58)46-22-10-7-11-23-46/h6-17,19-28,31-36,38-39,42,57H,4-5,18,29-30,37H2,1-3H3. The minimum Gasteiger partial charge on any atom is -0.276 e. The number of allylic oxidation sites excluding steroid dienone is 2. The molecule has 0 saturated heterocycles. The molecule has 0 fully saturated rings. The second-order valence-corrected chi connectivity index (χ2v) is 16.3. The van der Waals surface area contributed by atoms with Crippen LogP contribution in [0.1, 0.15) is 91.3 Å². The van der Waals surface area contributed by atoms with E-state index in [1.807, 2.05) is 0 Å². The zero-order valence-corrected chi connectivity index (χ0v) is 34.7. The Kier molecular flexibility index (Phi) is 11.2. The highest BCUT2D eigenvalue weighted by Crippen LogP contribution is 2.41. The van der Waals surface area contributed by atoms with Crippen molar-refractivity contribution in [1.82, 2.24) is 0 Å². The lowest BCUT2D eigenvalue weighted by molar-refractivity contribution is 0.618. The van der Waals surface area contributed by atoms with Crippen molar-refractivity contribution in [2.24, 2.45) is 4.99 Å². The summed E-state index contributed by atoms with van der Waals surface area (Å²) in [5.41, 5.74) is 17.0. The molecule has 0 spiro atoms. The Morgan fingerprint density at radius 3 is 1.93 bits per heavy atom. The van der Waals surface area contributed by atoms with E-state index in [1.165, 1.54) is 88.3 Å². The van der Waals surface area contributed by atoms with E-state index in [4.69, 9.17) is 4.99 Å². The molecular formula is C58H53N. The Hall–Kier alpha value is -6.31. The summed E-state index contributed by atoms with van der Waals surface area (Å²) in [4.78, 5) is 5.81. The molecule has 2 unspecified atom stereocenters. The van der Waals surface area contributed by atoms with Gasteiger partial charge in [0.1, 0.15) is 0 Å². The van der Waals surface area contributed by atoms with Gasteiger partial charge < -0.3 is 0 Å². The van der Waals surface area contributed by atoms with E-state index in [0.717, 1.165) is 44.2 Å². The van der Waals surface area contributed by atoms with Gasteiger partial charge in [-0.05, 0) is 146 Å². The van der Waals surface area contributed by atoms with Gasteiger partial charge in [-0.1, -0.05) is 184 Å². The predicted octanol–water partition coefficient (Wildman–Crippen LogP) is 15.9. The van der Waals surface area contributed by atoms with E-state index in [9.17, 15) is 0 Å². The maximum absolute atomic E-state index is 5.81. The first kappa shape index (κ1) is 38.2. The molecule has 1 aliphatic rings. The molecular weight excluding hydrogens is 711 g/mol. The third kappa shape index (κ3) is 7.83. The number of nitrogens with zero attached hydrogens (tertiary/aromatic N) is 1. The minimum atomic E-state index is 0.0963. The van der Waals surface area contributed by atoms with E-state index >= 15 is 0 Å². The van der Waals surface area contributed by atoms with E-state index < -0.39 is 0 Å². The number of rotatable bonds is 10. The monoisotopic (exact) mass is 763 g/mol. The van der Waals surface area contributed by atoms with Gasteiger partial charge in [0, 0.05) is 5.56 Å². The Morgan fingerprint density at radius 2 is 1.20 bits per heavy atom. The lowest BCUT2D eigenvalue weighted by Crippen LogP contribution is -2.14. The summed E-state index contributed by atoms with van der Waals surface area (Å²) in [5, 5.41) is 5.12. The van der Waals surface area contributed by atoms with Crippen LogP contribution in [0.4, 0.5) is 0 Å². The zero-order chi connectivity index (χ0) is 40.1. The van der Waals surface area contributed by atoms with Gasteiger partial charge in [-0.3, -0.25) is 4.99 Å². The third-order valence-corrected chi connectivity index (χ3v) is 12.8. The first-order valence-electron chi connectivity index (χ1n) is 21.7. The number of aliphatic imine (C=N–C) groups is 1. The molecule has 1 aliphatic heterocycles. The third-order valence-electron chi connectivity index (χ3n) is 12.8. The second-order valence-electron chi connectivity index (χ2n) is 16.3. The fourth-order valence-corrected chi connectivity index (χ4v) is 9.62. The molecule has 0 aromatic heterocycles. The quantitative estimate of drug-likeness (QED) is 0.132. The molecule has 1 heterocycles. The van der Waals surface area contributed by atoms with Crippen molar-refractivity contribution in [3.05, 3.63) is 221 Å². The van der Waals surface area contributed by atoms with Crippen LogP contribution >= 0.6 is 0 Å². The number of aryl methyl sites for hydroxylation is 1. The van der Waals surface area contributed by atoms with Gasteiger partial charge in [0.15, 0.2) is 0 Å². The zero-order valence-electron chi connectivity index (χ0n) is 34.7. The van der Waals surface area contributed by atoms with Crippen LogP contribution in [-0.2, 0) is 6.42 Å². The fourth-order valence-electron chi connectivity index (χ4n) is 9.62. The number of hydrogen-bond donors (Lipinski definition) is 0. The summed E-state index contributed by atoms with van der Waals surface area (Å²) >= 11 is 0. The Balaban J connectivity index is 1.13. The van der Waals surface area contributed by atoms with Crippen LogP contribution in [0.5, 0.6) is 0 Å². The van der Waals surface area contributed by atoms with Crippen LogP contribution < -0.4 is 0 Å². The molecule has 0 radical (unpaired) electrons. The maximum atomic E-state index is 5.81. The van der Waals surface area contributed by atoms with Crippen LogP contribution in [0, 0.1) is 6.92 Å². The average Bonchev–Trinajstić information content (AvgIpc) is 3.29. The molecule has 0 N–H and O–H groups in total. The maximum Gasteiger partial charge on any atom is 0.0756 e. The molecule has 0 saturated carbocycles. The van der Waals surface area contributed by atoms with E-state index in [-0.39, 0.29) is 6.04 Å². The van der Waals surface area contributed by atoms with Gasteiger partial charge in [-0.2, -0.15) is 0 Å². The smallest absolute Gasteiger partial charge is 0.0756 e. The number of benzene rings is 8. The lowest BCUT2D eigenvalue weighted by atomic mass is 9.82. The highest BCUT2D eigenvalue weighted by molar-refractivity contribution is 6.21. The van der Waals surface area contributed by atoms with Crippen LogP contribution in [0.25, 0.3) is 49.4 Å². The number of hydrogen-bond acceptors (Lipinski definition) is 1. The molecule has 8 aromatic carbocycles.